The van der Waals surface area contributed by atoms with Crippen molar-refractivity contribution in [1.29, 1.82) is 0 Å². The fourth-order valence-electron chi connectivity index (χ4n) is 3.03. The summed E-state index contributed by atoms with van der Waals surface area (Å²) in [5.74, 6) is 0.714. The van der Waals surface area contributed by atoms with Crippen LogP contribution in [0.2, 0.25) is 0 Å². The second-order valence-corrected chi connectivity index (χ2v) is 5.87. The van der Waals surface area contributed by atoms with E-state index in [-0.39, 0.29) is 17.7 Å². The minimum atomic E-state index is -0.128. The molecule has 2 aromatic heterocycles. The fourth-order valence-corrected chi connectivity index (χ4v) is 3.03. The number of hydrogen-bond donors (Lipinski definition) is 1. The van der Waals surface area contributed by atoms with E-state index in [1.54, 1.807) is 38.1 Å². The van der Waals surface area contributed by atoms with Gasteiger partial charge >= 0.3 is 0 Å². The van der Waals surface area contributed by atoms with Gasteiger partial charge in [0.15, 0.2) is 0 Å². The van der Waals surface area contributed by atoms with Crippen LogP contribution in [0.5, 0.6) is 0 Å². The number of rotatable bonds is 7. The molecule has 1 aliphatic heterocycles. The molecule has 3 rings (SSSR count). The van der Waals surface area contributed by atoms with E-state index in [0.717, 1.165) is 6.54 Å². The summed E-state index contributed by atoms with van der Waals surface area (Å²) in [6.45, 7) is 3.15. The zero-order chi connectivity index (χ0) is 16.8. The quantitative estimate of drug-likeness (QED) is 0.780. The molecule has 0 saturated carbocycles. The van der Waals surface area contributed by atoms with Gasteiger partial charge in [0.05, 0.1) is 18.9 Å². The number of carbonyl (C=O) groups is 1. The van der Waals surface area contributed by atoms with Crippen LogP contribution in [0.4, 0.5) is 5.95 Å². The standard InChI is InChI=1S/C16H22N6O2/c1-24-11-13-9-22(16-19-3-2-4-20-16)10-14(13)15(23)18-6-8-21-7-5-17-12-21/h2-5,7,12-14H,6,8-11H2,1H3,(H,18,23)/t13-,14+/m0/s1. The molecule has 0 bridgehead atoms. The van der Waals surface area contributed by atoms with Crippen LogP contribution in [0.3, 0.4) is 0 Å². The lowest BCUT2D eigenvalue weighted by Gasteiger charge is -2.16. The van der Waals surface area contributed by atoms with Crippen molar-refractivity contribution in [2.45, 2.75) is 6.54 Å². The van der Waals surface area contributed by atoms with Gasteiger partial charge in [-0.25, -0.2) is 15.0 Å². The number of carbonyl (C=O) groups excluding carboxylic acids is 1. The number of imidazole rings is 1. The average molecular weight is 330 g/mol. The van der Waals surface area contributed by atoms with E-state index in [2.05, 4.69) is 20.3 Å². The number of amides is 1. The van der Waals surface area contributed by atoms with Crippen molar-refractivity contribution in [3.63, 3.8) is 0 Å². The smallest absolute Gasteiger partial charge is 0.225 e. The summed E-state index contributed by atoms with van der Waals surface area (Å²) in [6, 6.07) is 1.78. The summed E-state index contributed by atoms with van der Waals surface area (Å²) in [5, 5.41) is 3.01. The first-order valence-electron chi connectivity index (χ1n) is 8.02. The van der Waals surface area contributed by atoms with Crippen molar-refractivity contribution in [1.82, 2.24) is 24.8 Å². The van der Waals surface area contributed by atoms with Gasteiger partial charge in [-0.1, -0.05) is 0 Å². The van der Waals surface area contributed by atoms with Gasteiger partial charge < -0.3 is 19.5 Å². The van der Waals surface area contributed by atoms with Gasteiger partial charge in [0.1, 0.15) is 0 Å². The van der Waals surface area contributed by atoms with E-state index in [9.17, 15) is 4.79 Å². The van der Waals surface area contributed by atoms with Crippen LogP contribution in [-0.4, -0.2) is 58.8 Å². The molecule has 3 heterocycles. The Morgan fingerprint density at radius 1 is 1.33 bits per heavy atom. The lowest BCUT2D eigenvalue weighted by atomic mass is 9.96. The van der Waals surface area contributed by atoms with Gasteiger partial charge in [-0.15, -0.1) is 0 Å². The molecule has 0 aromatic carbocycles. The molecule has 8 heteroatoms. The number of nitrogens with one attached hydrogen (secondary N) is 1. The number of methoxy groups -OCH3 is 1. The van der Waals surface area contributed by atoms with Crippen molar-refractivity contribution in [2.75, 3.05) is 38.3 Å². The molecule has 1 saturated heterocycles. The zero-order valence-electron chi connectivity index (χ0n) is 13.7. The molecule has 128 valence electrons. The van der Waals surface area contributed by atoms with E-state index >= 15 is 0 Å². The Kier molecular flexibility index (Phi) is 5.37. The van der Waals surface area contributed by atoms with Gasteiger partial charge in [0.25, 0.3) is 0 Å². The highest BCUT2D eigenvalue weighted by Gasteiger charge is 2.38. The van der Waals surface area contributed by atoms with Crippen LogP contribution in [0.15, 0.2) is 37.2 Å². The Hall–Kier alpha value is -2.48. The summed E-state index contributed by atoms with van der Waals surface area (Å²) >= 11 is 0. The molecule has 2 aromatic rings. The monoisotopic (exact) mass is 330 g/mol. The molecule has 0 aliphatic carbocycles. The summed E-state index contributed by atoms with van der Waals surface area (Å²) < 4.78 is 7.23. The van der Waals surface area contributed by atoms with Crippen molar-refractivity contribution in [3.8, 4) is 0 Å². The van der Waals surface area contributed by atoms with Crippen LogP contribution >= 0.6 is 0 Å². The van der Waals surface area contributed by atoms with E-state index in [4.69, 9.17) is 4.74 Å². The Morgan fingerprint density at radius 2 is 2.17 bits per heavy atom. The van der Waals surface area contributed by atoms with Crippen LogP contribution in [0.1, 0.15) is 0 Å². The number of anilines is 1. The molecule has 1 N–H and O–H groups in total. The lowest BCUT2D eigenvalue weighted by Crippen LogP contribution is -2.37. The third kappa shape index (κ3) is 3.88. The fraction of sp³-hybridized carbons (Fsp3) is 0.500. The Morgan fingerprint density at radius 3 is 2.88 bits per heavy atom. The zero-order valence-corrected chi connectivity index (χ0v) is 13.7. The molecule has 0 radical (unpaired) electrons. The first kappa shape index (κ1) is 16.4. The molecule has 0 spiro atoms. The summed E-state index contributed by atoms with van der Waals surface area (Å²) in [7, 11) is 1.66. The maximum Gasteiger partial charge on any atom is 0.225 e. The molecular weight excluding hydrogens is 308 g/mol. The van der Waals surface area contributed by atoms with Gasteiger partial charge in [-0.2, -0.15) is 0 Å². The van der Waals surface area contributed by atoms with Crippen LogP contribution in [0, 0.1) is 11.8 Å². The average Bonchev–Trinajstić information content (AvgIpc) is 3.26. The lowest BCUT2D eigenvalue weighted by molar-refractivity contribution is -0.126. The highest BCUT2D eigenvalue weighted by Crippen LogP contribution is 2.26. The molecule has 8 nitrogen and oxygen atoms in total. The highest BCUT2D eigenvalue weighted by molar-refractivity contribution is 5.80. The topological polar surface area (TPSA) is 85.2 Å². The van der Waals surface area contributed by atoms with Gasteiger partial charge in [-0.3, -0.25) is 4.79 Å². The predicted molar refractivity (Wildman–Crippen MR) is 88.3 cm³/mol. The van der Waals surface area contributed by atoms with Crippen molar-refractivity contribution in [3.05, 3.63) is 37.2 Å². The normalized spacial score (nSPS) is 20.3. The maximum atomic E-state index is 12.6. The predicted octanol–water partition coefficient (Wildman–Crippen LogP) is 0.188. The van der Waals surface area contributed by atoms with Crippen LogP contribution < -0.4 is 10.2 Å². The molecule has 1 fully saturated rings. The SMILES string of the molecule is COC[C@@H]1CN(c2ncccn2)C[C@H]1C(=O)NCCn1ccnc1. The molecular formula is C16H22N6O2. The van der Waals surface area contributed by atoms with Crippen molar-refractivity contribution >= 4 is 11.9 Å². The first-order chi connectivity index (χ1) is 11.8. The van der Waals surface area contributed by atoms with Crippen LogP contribution in [0.25, 0.3) is 0 Å². The van der Waals surface area contributed by atoms with Gasteiger partial charge in [-0.05, 0) is 6.07 Å². The third-order valence-corrected chi connectivity index (χ3v) is 4.22. The van der Waals surface area contributed by atoms with E-state index in [1.165, 1.54) is 0 Å². The number of aromatic nitrogens is 4. The van der Waals surface area contributed by atoms with Gasteiger partial charge in [0, 0.05) is 64.0 Å². The Labute approximate surface area is 140 Å². The van der Waals surface area contributed by atoms with Crippen LogP contribution in [-0.2, 0) is 16.1 Å². The minimum absolute atomic E-state index is 0.0515. The molecule has 0 unspecified atom stereocenters. The van der Waals surface area contributed by atoms with E-state index in [0.29, 0.717) is 32.2 Å². The maximum absolute atomic E-state index is 12.6. The molecule has 1 amide bonds. The largest absolute Gasteiger partial charge is 0.384 e. The molecule has 1 aliphatic rings. The first-order valence-corrected chi connectivity index (χ1v) is 8.02. The second-order valence-electron chi connectivity index (χ2n) is 5.87. The Bertz CT molecular complexity index is 633. The minimum Gasteiger partial charge on any atom is -0.384 e. The summed E-state index contributed by atoms with van der Waals surface area (Å²) in [4.78, 5) is 27.2. The van der Waals surface area contributed by atoms with Gasteiger partial charge in [0.2, 0.25) is 11.9 Å². The summed E-state index contributed by atoms with van der Waals surface area (Å²) in [6.07, 6.45) is 8.78. The van der Waals surface area contributed by atoms with E-state index in [1.807, 2.05) is 15.7 Å². The summed E-state index contributed by atoms with van der Waals surface area (Å²) in [5.41, 5.74) is 0. The van der Waals surface area contributed by atoms with E-state index < -0.39 is 0 Å². The number of ether oxygens (including phenoxy) is 1. The highest BCUT2D eigenvalue weighted by atomic mass is 16.5. The number of hydrogen-bond acceptors (Lipinski definition) is 6. The van der Waals surface area contributed by atoms with Crippen molar-refractivity contribution in [2.24, 2.45) is 11.8 Å². The third-order valence-electron chi connectivity index (χ3n) is 4.22. The van der Waals surface area contributed by atoms with Crippen molar-refractivity contribution < 1.29 is 9.53 Å². The molecule has 2 atom stereocenters. The molecule has 24 heavy (non-hydrogen) atoms. The number of nitrogens with zero attached hydrogens (tertiary/aromatic N) is 5. The Balaban J connectivity index is 1.58. The second kappa shape index (κ2) is 7.87.